The lowest BCUT2D eigenvalue weighted by Crippen LogP contribution is -2.26. The summed E-state index contributed by atoms with van der Waals surface area (Å²) >= 11 is 0. The number of sulfonamides is 1. The summed E-state index contributed by atoms with van der Waals surface area (Å²) in [5.74, 6) is 0.734. The summed E-state index contributed by atoms with van der Waals surface area (Å²) in [4.78, 5) is 0.302. The minimum atomic E-state index is -3.49. The number of nitrogens with zero attached hydrogens (tertiary/aromatic N) is 1. The molecule has 0 aliphatic heterocycles. The van der Waals surface area contributed by atoms with E-state index >= 15 is 0 Å². The Kier molecular flexibility index (Phi) is 5.58. The second kappa shape index (κ2) is 7.44. The van der Waals surface area contributed by atoms with Crippen molar-refractivity contribution in [3.8, 4) is 5.75 Å². The van der Waals surface area contributed by atoms with Gasteiger partial charge in [-0.1, -0.05) is 42.5 Å². The second-order valence-electron chi connectivity index (χ2n) is 5.32. The lowest BCUT2D eigenvalue weighted by molar-refractivity contribution is 0.363. The van der Waals surface area contributed by atoms with Gasteiger partial charge in [-0.3, -0.25) is 0 Å². The highest BCUT2D eigenvalue weighted by Gasteiger charge is 2.20. The molecule has 2 rings (SSSR count). The molecule has 0 saturated heterocycles. The second-order valence-corrected chi connectivity index (χ2v) is 7.36. The van der Waals surface area contributed by atoms with Crippen LogP contribution in [0.3, 0.4) is 0 Å². The van der Waals surface area contributed by atoms with E-state index in [-0.39, 0.29) is 0 Å². The van der Waals surface area contributed by atoms with Crippen LogP contribution in [0, 0.1) is 6.92 Å². The summed E-state index contributed by atoms with van der Waals surface area (Å²) in [5.41, 5.74) is 1.93. The van der Waals surface area contributed by atoms with Gasteiger partial charge in [0.25, 0.3) is 0 Å². The first-order valence-corrected chi connectivity index (χ1v) is 8.73. The Balaban J connectivity index is 2.09. The normalized spacial score (nSPS) is 11.4. The Bertz CT molecular complexity index is 750. The zero-order valence-electron chi connectivity index (χ0n) is 13.4. The molecule has 0 fully saturated rings. The molecule has 5 heteroatoms. The van der Waals surface area contributed by atoms with Crippen LogP contribution in [-0.2, 0) is 16.6 Å². The maximum atomic E-state index is 12.5. The summed E-state index contributed by atoms with van der Waals surface area (Å²) in [6, 6.07) is 14.2. The maximum Gasteiger partial charge on any atom is 0.243 e. The van der Waals surface area contributed by atoms with E-state index in [9.17, 15) is 8.42 Å². The monoisotopic (exact) mass is 331 g/mol. The van der Waals surface area contributed by atoms with Gasteiger partial charge in [-0.05, 0) is 36.8 Å². The molecule has 0 aliphatic rings. The molecule has 2 aromatic carbocycles. The van der Waals surface area contributed by atoms with Gasteiger partial charge in [0.15, 0.2) is 0 Å². The predicted molar refractivity (Wildman–Crippen MR) is 92.0 cm³/mol. The zero-order chi connectivity index (χ0) is 16.9. The molecule has 0 unspecified atom stereocenters. The third-order valence-corrected chi connectivity index (χ3v) is 5.24. The highest BCUT2D eigenvalue weighted by molar-refractivity contribution is 7.89. The van der Waals surface area contributed by atoms with E-state index in [0.717, 1.165) is 16.9 Å². The van der Waals surface area contributed by atoms with Crippen LogP contribution in [0.2, 0.25) is 0 Å². The van der Waals surface area contributed by atoms with Gasteiger partial charge in [0.2, 0.25) is 10.0 Å². The number of rotatable bonds is 7. The molecule has 0 N–H and O–H groups in total. The van der Waals surface area contributed by atoms with Gasteiger partial charge in [0.05, 0.1) is 4.90 Å². The Hall–Kier alpha value is -2.11. The molecule has 23 heavy (non-hydrogen) atoms. The molecule has 0 saturated carbocycles. The predicted octanol–water partition coefficient (Wildman–Crippen LogP) is 3.38. The molecule has 4 nitrogen and oxygen atoms in total. The Morgan fingerprint density at radius 2 is 1.70 bits per heavy atom. The highest BCUT2D eigenvalue weighted by Crippen LogP contribution is 2.19. The largest absolute Gasteiger partial charge is 0.490 e. The molecule has 0 atom stereocenters. The molecule has 0 aliphatic carbocycles. The van der Waals surface area contributed by atoms with Crippen LogP contribution < -0.4 is 4.74 Å². The van der Waals surface area contributed by atoms with Crippen molar-refractivity contribution in [2.45, 2.75) is 18.4 Å². The minimum Gasteiger partial charge on any atom is -0.490 e. The number of benzene rings is 2. The minimum absolute atomic E-state index is 0.302. The first-order valence-electron chi connectivity index (χ1n) is 7.29. The zero-order valence-corrected chi connectivity index (χ0v) is 14.2. The smallest absolute Gasteiger partial charge is 0.243 e. The van der Waals surface area contributed by atoms with Crippen LogP contribution in [0.25, 0.3) is 0 Å². The Morgan fingerprint density at radius 1 is 1.09 bits per heavy atom. The maximum absolute atomic E-state index is 12.5. The lowest BCUT2D eigenvalue weighted by Gasteiger charge is -2.17. The highest BCUT2D eigenvalue weighted by atomic mass is 32.2. The van der Waals surface area contributed by atoms with E-state index in [2.05, 4.69) is 6.58 Å². The van der Waals surface area contributed by atoms with Gasteiger partial charge in [0, 0.05) is 13.6 Å². The summed E-state index contributed by atoms with van der Waals surface area (Å²) in [6.45, 7) is 6.27. The summed E-state index contributed by atoms with van der Waals surface area (Å²) in [7, 11) is -1.91. The van der Waals surface area contributed by atoms with Gasteiger partial charge in [0.1, 0.15) is 12.4 Å². The van der Waals surface area contributed by atoms with Gasteiger partial charge in [-0.15, -0.1) is 0 Å². The average molecular weight is 331 g/mol. The third kappa shape index (κ3) is 4.43. The van der Waals surface area contributed by atoms with E-state index in [1.807, 2.05) is 31.2 Å². The quantitative estimate of drug-likeness (QED) is 0.731. The van der Waals surface area contributed by atoms with Crippen LogP contribution in [-0.4, -0.2) is 26.4 Å². The van der Waals surface area contributed by atoms with Crippen LogP contribution in [0.1, 0.15) is 11.1 Å². The van der Waals surface area contributed by atoms with Crippen LogP contribution >= 0.6 is 0 Å². The molecule has 2 aromatic rings. The molecule has 0 bridgehead atoms. The van der Waals surface area contributed by atoms with Crippen molar-refractivity contribution in [3.05, 3.63) is 72.3 Å². The fourth-order valence-corrected chi connectivity index (χ4v) is 3.24. The fraction of sp³-hybridized carbons (Fsp3) is 0.222. The molecule has 122 valence electrons. The van der Waals surface area contributed by atoms with Crippen LogP contribution in [0.15, 0.2) is 66.1 Å². The fourth-order valence-electron chi connectivity index (χ4n) is 2.08. The van der Waals surface area contributed by atoms with E-state index in [0.29, 0.717) is 18.0 Å². The van der Waals surface area contributed by atoms with Crippen molar-refractivity contribution in [1.82, 2.24) is 4.31 Å². The summed E-state index contributed by atoms with van der Waals surface area (Å²) < 4.78 is 31.9. The first kappa shape index (κ1) is 17.2. The number of aryl methyl sites for hydroxylation is 1. The van der Waals surface area contributed by atoms with E-state index in [1.54, 1.807) is 37.4 Å². The Morgan fingerprint density at radius 3 is 2.26 bits per heavy atom. The van der Waals surface area contributed by atoms with Gasteiger partial charge in [-0.2, -0.15) is 4.31 Å². The number of ether oxygens (including phenoxy) is 1. The molecular formula is C18H21NO3S. The van der Waals surface area contributed by atoms with Crippen molar-refractivity contribution in [1.29, 1.82) is 0 Å². The summed E-state index contributed by atoms with van der Waals surface area (Å²) in [5, 5.41) is 0. The topological polar surface area (TPSA) is 46.6 Å². The van der Waals surface area contributed by atoms with Crippen molar-refractivity contribution in [2.75, 3.05) is 13.7 Å². The van der Waals surface area contributed by atoms with Crippen molar-refractivity contribution in [2.24, 2.45) is 0 Å². The average Bonchev–Trinajstić information content (AvgIpc) is 2.54. The standard InChI is InChI=1S/C18H21NO3S/c1-4-13-22-17-9-7-16(8-10-17)14-19(3)23(20,21)18-11-5-15(2)6-12-18/h4-12H,1,13-14H2,2-3H3. The van der Waals surface area contributed by atoms with E-state index < -0.39 is 10.0 Å². The van der Waals surface area contributed by atoms with E-state index in [1.165, 1.54) is 4.31 Å². The van der Waals surface area contributed by atoms with Crippen molar-refractivity contribution >= 4 is 10.0 Å². The molecule has 0 aromatic heterocycles. The van der Waals surface area contributed by atoms with Crippen LogP contribution in [0.5, 0.6) is 5.75 Å². The van der Waals surface area contributed by atoms with Crippen molar-refractivity contribution in [3.63, 3.8) is 0 Å². The van der Waals surface area contributed by atoms with E-state index in [4.69, 9.17) is 4.74 Å². The molecule has 0 amide bonds. The van der Waals surface area contributed by atoms with Gasteiger partial charge < -0.3 is 4.74 Å². The Labute approximate surface area is 138 Å². The lowest BCUT2D eigenvalue weighted by atomic mass is 10.2. The van der Waals surface area contributed by atoms with Gasteiger partial charge in [-0.25, -0.2) is 8.42 Å². The first-order chi connectivity index (χ1) is 10.9. The molecule has 0 heterocycles. The van der Waals surface area contributed by atoms with Crippen molar-refractivity contribution < 1.29 is 13.2 Å². The third-order valence-electron chi connectivity index (χ3n) is 3.43. The molecule has 0 radical (unpaired) electrons. The number of hydrogen-bond acceptors (Lipinski definition) is 3. The molecular weight excluding hydrogens is 310 g/mol. The number of hydrogen-bond donors (Lipinski definition) is 0. The van der Waals surface area contributed by atoms with Gasteiger partial charge >= 0.3 is 0 Å². The SMILES string of the molecule is C=CCOc1ccc(CN(C)S(=O)(=O)c2ccc(C)cc2)cc1. The summed E-state index contributed by atoms with van der Waals surface area (Å²) in [6.07, 6.45) is 1.68. The van der Waals surface area contributed by atoms with Crippen LogP contribution in [0.4, 0.5) is 0 Å². The molecule has 0 spiro atoms.